The van der Waals surface area contributed by atoms with E-state index in [1.165, 1.54) is 9.13 Å². The Morgan fingerprint density at radius 3 is 2.04 bits per heavy atom. The molecule has 0 bridgehead atoms. The molecular formula is C23H22N2O3. The van der Waals surface area contributed by atoms with Crippen LogP contribution in [0.2, 0.25) is 0 Å². The van der Waals surface area contributed by atoms with Gasteiger partial charge in [-0.25, -0.2) is 0 Å². The summed E-state index contributed by atoms with van der Waals surface area (Å²) >= 11 is 0. The van der Waals surface area contributed by atoms with Gasteiger partial charge in [0.05, 0.1) is 7.11 Å². The first-order chi connectivity index (χ1) is 13.5. The summed E-state index contributed by atoms with van der Waals surface area (Å²) in [7, 11) is 4.81. The van der Waals surface area contributed by atoms with Gasteiger partial charge in [0.1, 0.15) is 16.4 Å². The van der Waals surface area contributed by atoms with Gasteiger partial charge in [-0.3, -0.25) is 9.59 Å². The minimum Gasteiger partial charge on any atom is -0.497 e. The number of aromatic nitrogens is 2. The van der Waals surface area contributed by atoms with E-state index in [2.05, 4.69) is 0 Å². The van der Waals surface area contributed by atoms with E-state index in [0.29, 0.717) is 10.7 Å². The molecule has 0 fully saturated rings. The molecule has 28 heavy (non-hydrogen) atoms. The van der Waals surface area contributed by atoms with Crippen molar-refractivity contribution < 1.29 is 4.74 Å². The molecule has 0 aliphatic heterocycles. The predicted molar refractivity (Wildman–Crippen MR) is 113 cm³/mol. The van der Waals surface area contributed by atoms with Gasteiger partial charge in [-0.05, 0) is 35.4 Å². The lowest BCUT2D eigenvalue weighted by molar-refractivity contribution is 0.415. The molecule has 3 aromatic rings. The van der Waals surface area contributed by atoms with Crippen LogP contribution in [0.25, 0.3) is 18.2 Å². The number of rotatable bonds is 4. The van der Waals surface area contributed by atoms with Crippen molar-refractivity contribution in [1.82, 2.24) is 9.13 Å². The number of hydrogen-bond acceptors (Lipinski definition) is 3. The summed E-state index contributed by atoms with van der Waals surface area (Å²) in [5, 5.41) is 0.647. The van der Waals surface area contributed by atoms with Crippen molar-refractivity contribution in [2.24, 2.45) is 14.1 Å². The van der Waals surface area contributed by atoms with Gasteiger partial charge in [0.15, 0.2) is 0 Å². The number of hydrogen-bond donors (Lipinski definition) is 0. The quantitative estimate of drug-likeness (QED) is 0.694. The third-order valence-corrected chi connectivity index (χ3v) is 4.53. The Morgan fingerprint density at radius 1 is 0.786 bits per heavy atom. The summed E-state index contributed by atoms with van der Waals surface area (Å²) in [6.45, 7) is 0. The molecule has 5 heteroatoms. The monoisotopic (exact) mass is 374 g/mol. The van der Waals surface area contributed by atoms with Gasteiger partial charge >= 0.3 is 0 Å². The molecule has 1 heterocycles. The highest BCUT2D eigenvalue weighted by Gasteiger charge is 2.05. The molecule has 0 unspecified atom stereocenters. The Kier molecular flexibility index (Phi) is 5.75. The molecule has 0 radical (unpaired) electrons. The largest absolute Gasteiger partial charge is 0.497 e. The Morgan fingerprint density at radius 2 is 1.39 bits per heavy atom. The van der Waals surface area contributed by atoms with Gasteiger partial charge in [-0.15, -0.1) is 0 Å². The predicted octanol–water partition coefficient (Wildman–Crippen LogP) is 1.42. The van der Waals surface area contributed by atoms with Crippen LogP contribution in [0.1, 0.15) is 11.1 Å². The zero-order valence-electron chi connectivity index (χ0n) is 16.1. The van der Waals surface area contributed by atoms with Gasteiger partial charge in [0.2, 0.25) is 0 Å². The van der Waals surface area contributed by atoms with Crippen LogP contribution >= 0.6 is 0 Å². The van der Waals surface area contributed by atoms with Crippen LogP contribution in [0.3, 0.4) is 0 Å². The van der Waals surface area contributed by atoms with E-state index in [-0.39, 0.29) is 11.1 Å². The van der Waals surface area contributed by atoms with Crippen LogP contribution < -0.4 is 26.6 Å². The second kappa shape index (κ2) is 8.39. The number of ether oxygens (including phenoxy) is 1. The van der Waals surface area contributed by atoms with Crippen LogP contribution in [-0.4, -0.2) is 16.2 Å². The first kappa shape index (κ1) is 19.2. The molecule has 0 N–H and O–H groups in total. The summed E-state index contributed by atoms with van der Waals surface area (Å²) < 4.78 is 7.91. The zero-order chi connectivity index (χ0) is 20.1. The summed E-state index contributed by atoms with van der Waals surface area (Å²) in [5.74, 6) is 0.731. The maximum atomic E-state index is 12.8. The fraction of sp³-hybridized carbons (Fsp3) is 0.130. The molecule has 0 aliphatic rings. The lowest BCUT2D eigenvalue weighted by Crippen LogP contribution is -2.56. The molecule has 142 valence electrons. The highest BCUT2D eigenvalue weighted by molar-refractivity contribution is 5.57. The molecule has 0 saturated heterocycles. The summed E-state index contributed by atoms with van der Waals surface area (Å²) in [4.78, 5) is 25.6. The molecular weight excluding hydrogens is 352 g/mol. The van der Waals surface area contributed by atoms with Gasteiger partial charge in [0.25, 0.3) is 11.1 Å². The second-order valence-corrected chi connectivity index (χ2v) is 6.35. The maximum Gasteiger partial charge on any atom is 0.274 e. The Hall–Kier alpha value is -3.60. The maximum absolute atomic E-state index is 12.8. The van der Waals surface area contributed by atoms with Crippen molar-refractivity contribution >= 4 is 18.2 Å². The Labute approximate surface area is 162 Å². The van der Waals surface area contributed by atoms with Crippen LogP contribution in [0.15, 0.2) is 70.3 Å². The molecule has 0 atom stereocenters. The van der Waals surface area contributed by atoms with Crippen molar-refractivity contribution in [3.8, 4) is 5.75 Å². The molecule has 1 aromatic heterocycles. The van der Waals surface area contributed by atoms with E-state index in [1.807, 2.05) is 60.7 Å². The van der Waals surface area contributed by atoms with E-state index in [4.69, 9.17) is 4.74 Å². The van der Waals surface area contributed by atoms with E-state index in [9.17, 15) is 9.59 Å². The van der Waals surface area contributed by atoms with Crippen molar-refractivity contribution in [2.45, 2.75) is 0 Å². The third-order valence-electron chi connectivity index (χ3n) is 4.53. The van der Waals surface area contributed by atoms with Gasteiger partial charge in [-0.1, -0.05) is 54.6 Å². The standard InChI is InChI=1S/C23H22N2O3/c1-24-20(11-7-10-17-8-5-4-6-9-17)22(26)25(2)21(23(24)27)16-18-12-14-19(28-3)15-13-18/h4-16H,1-3H3/b10-7?,20-11-,21-16?. The molecule has 5 nitrogen and oxygen atoms in total. The molecule has 0 saturated carbocycles. The minimum atomic E-state index is -0.239. The first-order valence-electron chi connectivity index (χ1n) is 8.86. The molecule has 3 rings (SSSR count). The van der Waals surface area contributed by atoms with Gasteiger partial charge in [-0.2, -0.15) is 0 Å². The summed E-state index contributed by atoms with van der Waals surface area (Å²) in [5.41, 5.74) is 1.36. The summed E-state index contributed by atoms with van der Waals surface area (Å²) in [6, 6.07) is 17.1. The van der Waals surface area contributed by atoms with Crippen LogP contribution in [0.5, 0.6) is 5.75 Å². The van der Waals surface area contributed by atoms with Gasteiger partial charge in [0, 0.05) is 14.1 Å². The fourth-order valence-corrected chi connectivity index (χ4v) is 2.86. The fourth-order valence-electron chi connectivity index (χ4n) is 2.86. The molecule has 2 aromatic carbocycles. The van der Waals surface area contributed by atoms with Crippen LogP contribution in [-0.2, 0) is 14.1 Å². The van der Waals surface area contributed by atoms with Crippen molar-refractivity contribution in [3.63, 3.8) is 0 Å². The van der Waals surface area contributed by atoms with Crippen molar-refractivity contribution in [1.29, 1.82) is 0 Å². The zero-order valence-corrected chi connectivity index (χ0v) is 16.1. The van der Waals surface area contributed by atoms with E-state index < -0.39 is 0 Å². The Balaban J connectivity index is 2.10. The number of allylic oxidation sites excluding steroid dienone is 1. The third kappa shape index (κ3) is 4.04. The number of methoxy groups -OCH3 is 1. The number of benzene rings is 2. The first-order valence-corrected chi connectivity index (χ1v) is 8.86. The van der Waals surface area contributed by atoms with E-state index in [1.54, 1.807) is 39.4 Å². The van der Waals surface area contributed by atoms with Gasteiger partial charge < -0.3 is 13.9 Å². The summed E-state index contributed by atoms with van der Waals surface area (Å²) in [6.07, 6.45) is 7.03. The van der Waals surface area contributed by atoms with Crippen LogP contribution in [0.4, 0.5) is 0 Å². The minimum absolute atomic E-state index is 0.237. The highest BCUT2D eigenvalue weighted by Crippen LogP contribution is 2.11. The highest BCUT2D eigenvalue weighted by atomic mass is 16.5. The van der Waals surface area contributed by atoms with E-state index >= 15 is 0 Å². The Bertz CT molecular complexity index is 1230. The van der Waals surface area contributed by atoms with E-state index in [0.717, 1.165) is 16.9 Å². The molecule has 0 aliphatic carbocycles. The normalized spacial score (nSPS) is 12.7. The lowest BCUT2D eigenvalue weighted by atomic mass is 10.2. The molecule has 0 amide bonds. The van der Waals surface area contributed by atoms with Crippen LogP contribution in [0, 0.1) is 0 Å². The smallest absolute Gasteiger partial charge is 0.274 e. The topological polar surface area (TPSA) is 53.2 Å². The van der Waals surface area contributed by atoms with Crippen molar-refractivity contribution in [3.05, 3.63) is 103 Å². The SMILES string of the molecule is COc1ccc(C=c2c(=O)n(C)/c(=C\C=Cc3ccccc3)c(=O)n2C)cc1. The average Bonchev–Trinajstić information content (AvgIpc) is 2.73. The lowest BCUT2D eigenvalue weighted by Gasteiger charge is -2.05. The second-order valence-electron chi connectivity index (χ2n) is 6.35. The van der Waals surface area contributed by atoms with Crippen molar-refractivity contribution in [2.75, 3.05) is 7.11 Å². The molecule has 0 spiro atoms. The number of nitrogens with zero attached hydrogens (tertiary/aromatic N) is 2. The average molecular weight is 374 g/mol.